The summed E-state index contributed by atoms with van der Waals surface area (Å²) in [6.07, 6.45) is 52.1. The van der Waals surface area contributed by atoms with E-state index in [0.29, 0.717) is 6.42 Å². The van der Waals surface area contributed by atoms with Gasteiger partial charge in [-0.3, -0.25) is 4.79 Å². The number of amides is 1. The number of rotatable bonds is 47. The Morgan fingerprint density at radius 2 is 0.877 bits per heavy atom. The molecule has 9 nitrogen and oxygen atoms in total. The number of carbonyl (C=O) groups is 1. The Labute approximate surface area is 400 Å². The fraction of sp³-hybridized carbons (Fsp3) is 0.875. The van der Waals surface area contributed by atoms with E-state index in [1.165, 1.54) is 193 Å². The number of carbonyl (C=O) groups excluding carboxylic acids is 1. The van der Waals surface area contributed by atoms with Crippen LogP contribution in [0.4, 0.5) is 0 Å². The molecular formula is C56H105NO8. The third kappa shape index (κ3) is 36.1. The third-order valence-electron chi connectivity index (χ3n) is 13.2. The van der Waals surface area contributed by atoms with Gasteiger partial charge in [-0.05, 0) is 44.9 Å². The van der Waals surface area contributed by atoms with Crippen molar-refractivity contribution in [3.05, 3.63) is 36.5 Å². The molecule has 0 aromatic rings. The van der Waals surface area contributed by atoms with Crippen LogP contribution in [0, 0.1) is 0 Å². The van der Waals surface area contributed by atoms with Gasteiger partial charge in [0.2, 0.25) is 5.91 Å². The average molecular weight is 920 g/mol. The summed E-state index contributed by atoms with van der Waals surface area (Å²) in [6.45, 7) is 3.78. The Morgan fingerprint density at radius 3 is 1.29 bits per heavy atom. The molecule has 0 aromatic heterocycles. The van der Waals surface area contributed by atoms with Crippen molar-refractivity contribution in [3.8, 4) is 0 Å². The van der Waals surface area contributed by atoms with E-state index in [9.17, 15) is 30.3 Å². The molecule has 1 rings (SSSR count). The zero-order valence-electron chi connectivity index (χ0n) is 42.3. The second kappa shape index (κ2) is 46.2. The number of hydrogen-bond donors (Lipinski definition) is 6. The van der Waals surface area contributed by atoms with E-state index in [4.69, 9.17) is 9.47 Å². The molecular weight excluding hydrogens is 815 g/mol. The summed E-state index contributed by atoms with van der Waals surface area (Å²) in [4.78, 5) is 13.0. The highest BCUT2D eigenvalue weighted by Gasteiger charge is 2.44. The first-order valence-electron chi connectivity index (χ1n) is 27.7. The van der Waals surface area contributed by atoms with Crippen LogP contribution in [0.2, 0.25) is 0 Å². The molecule has 1 aliphatic rings. The van der Waals surface area contributed by atoms with Gasteiger partial charge in [0.15, 0.2) is 6.29 Å². The summed E-state index contributed by atoms with van der Waals surface area (Å²) in [6, 6.07) is -0.825. The van der Waals surface area contributed by atoms with Crippen LogP contribution in [0.1, 0.15) is 258 Å². The molecule has 1 heterocycles. The van der Waals surface area contributed by atoms with Gasteiger partial charge in [0.25, 0.3) is 0 Å². The second-order valence-corrected chi connectivity index (χ2v) is 19.4. The van der Waals surface area contributed by atoms with Crippen molar-refractivity contribution in [1.82, 2.24) is 5.32 Å². The number of allylic oxidation sites excluding steroid dienone is 5. The smallest absolute Gasteiger partial charge is 0.220 e. The first kappa shape index (κ1) is 61.4. The molecule has 0 saturated carbocycles. The van der Waals surface area contributed by atoms with Gasteiger partial charge in [-0.15, -0.1) is 0 Å². The Kier molecular flexibility index (Phi) is 43.6. The topological polar surface area (TPSA) is 149 Å². The predicted octanol–water partition coefficient (Wildman–Crippen LogP) is 13.2. The molecule has 7 unspecified atom stereocenters. The fourth-order valence-electron chi connectivity index (χ4n) is 8.78. The van der Waals surface area contributed by atoms with Crippen LogP contribution in [0.25, 0.3) is 0 Å². The van der Waals surface area contributed by atoms with Gasteiger partial charge in [0.05, 0.1) is 25.4 Å². The third-order valence-corrected chi connectivity index (χ3v) is 13.2. The number of ether oxygens (including phenoxy) is 2. The molecule has 0 spiro atoms. The van der Waals surface area contributed by atoms with E-state index in [2.05, 4.69) is 43.5 Å². The van der Waals surface area contributed by atoms with Gasteiger partial charge in [0, 0.05) is 6.42 Å². The Bertz CT molecular complexity index is 1110. The van der Waals surface area contributed by atoms with Crippen molar-refractivity contribution in [1.29, 1.82) is 0 Å². The standard InChI is InChI=1S/C56H105NO8/c1-3-5-7-9-11-13-15-17-19-21-23-24-25-26-28-30-32-34-36-38-40-42-44-46-52(60)57-49(48-64-56-55(63)54(62)53(61)51(47-58)65-56)50(59)45-43-41-39-37-35-33-31-29-27-22-20-18-16-14-12-10-8-6-4-2/h27,29,35,37,43,45,49-51,53-56,58-59,61-63H,3-26,28,30-34,36,38-42,44,46-48H2,1-2H3,(H,57,60)/b29-27+,37-35+,45-43+. The van der Waals surface area contributed by atoms with E-state index < -0.39 is 49.5 Å². The van der Waals surface area contributed by atoms with Crippen molar-refractivity contribution >= 4 is 5.91 Å². The summed E-state index contributed by atoms with van der Waals surface area (Å²) in [5, 5.41) is 54.4. The molecule has 7 atom stereocenters. The van der Waals surface area contributed by atoms with Crippen LogP contribution in [-0.2, 0) is 14.3 Å². The fourth-order valence-corrected chi connectivity index (χ4v) is 8.78. The SMILES string of the molecule is CCCCCCCCCCC/C=C/CC/C=C/CC/C=C/C(O)C(COC1OC(CO)C(O)C(O)C1O)NC(=O)CCCCCCCCCCCCCCCCCCCCCCCCC. The molecule has 0 aliphatic carbocycles. The molecule has 0 radical (unpaired) electrons. The molecule has 65 heavy (non-hydrogen) atoms. The van der Waals surface area contributed by atoms with Crippen LogP contribution in [0.5, 0.6) is 0 Å². The largest absolute Gasteiger partial charge is 0.394 e. The Hall–Kier alpha value is -1.59. The van der Waals surface area contributed by atoms with Crippen LogP contribution < -0.4 is 5.32 Å². The summed E-state index contributed by atoms with van der Waals surface area (Å²) < 4.78 is 11.2. The molecule has 382 valence electrons. The van der Waals surface area contributed by atoms with Crippen LogP contribution in [0.15, 0.2) is 36.5 Å². The van der Waals surface area contributed by atoms with E-state index in [1.54, 1.807) is 6.08 Å². The lowest BCUT2D eigenvalue weighted by atomic mass is 9.99. The molecule has 1 aliphatic heterocycles. The maximum atomic E-state index is 13.0. The van der Waals surface area contributed by atoms with E-state index >= 15 is 0 Å². The number of aliphatic hydroxyl groups is 5. The maximum absolute atomic E-state index is 13.0. The highest BCUT2D eigenvalue weighted by atomic mass is 16.7. The van der Waals surface area contributed by atoms with Crippen molar-refractivity contribution in [3.63, 3.8) is 0 Å². The quantitative estimate of drug-likeness (QED) is 0.0261. The zero-order chi connectivity index (χ0) is 47.3. The van der Waals surface area contributed by atoms with Crippen LogP contribution >= 0.6 is 0 Å². The lowest BCUT2D eigenvalue weighted by molar-refractivity contribution is -0.302. The van der Waals surface area contributed by atoms with Gasteiger partial charge in [-0.1, -0.05) is 243 Å². The van der Waals surface area contributed by atoms with E-state index in [-0.39, 0.29) is 12.5 Å². The molecule has 0 bridgehead atoms. The van der Waals surface area contributed by atoms with E-state index in [1.807, 2.05) is 6.08 Å². The molecule has 1 saturated heterocycles. The van der Waals surface area contributed by atoms with Gasteiger partial charge < -0.3 is 40.3 Å². The maximum Gasteiger partial charge on any atom is 0.220 e. The summed E-state index contributed by atoms with van der Waals surface area (Å²) in [5.74, 6) is -0.187. The lowest BCUT2D eigenvalue weighted by Crippen LogP contribution is -2.60. The molecule has 6 N–H and O–H groups in total. The molecule has 1 amide bonds. The van der Waals surface area contributed by atoms with Gasteiger partial charge in [-0.25, -0.2) is 0 Å². The minimum absolute atomic E-state index is 0.187. The lowest BCUT2D eigenvalue weighted by Gasteiger charge is -2.40. The molecule has 1 fully saturated rings. The zero-order valence-corrected chi connectivity index (χ0v) is 42.3. The molecule has 0 aromatic carbocycles. The van der Waals surface area contributed by atoms with Crippen molar-refractivity contribution in [2.75, 3.05) is 13.2 Å². The van der Waals surface area contributed by atoms with E-state index in [0.717, 1.165) is 44.9 Å². The summed E-state index contributed by atoms with van der Waals surface area (Å²) in [5.41, 5.74) is 0. The van der Waals surface area contributed by atoms with Crippen LogP contribution in [-0.4, -0.2) is 87.5 Å². The van der Waals surface area contributed by atoms with Gasteiger partial charge in [0.1, 0.15) is 24.4 Å². The predicted molar refractivity (Wildman–Crippen MR) is 272 cm³/mol. The minimum Gasteiger partial charge on any atom is -0.394 e. The summed E-state index contributed by atoms with van der Waals surface area (Å²) in [7, 11) is 0. The second-order valence-electron chi connectivity index (χ2n) is 19.4. The Balaban J connectivity index is 2.27. The van der Waals surface area contributed by atoms with Crippen molar-refractivity contribution in [2.45, 2.75) is 301 Å². The van der Waals surface area contributed by atoms with Gasteiger partial charge in [-0.2, -0.15) is 0 Å². The number of hydrogen-bond acceptors (Lipinski definition) is 8. The highest BCUT2D eigenvalue weighted by molar-refractivity contribution is 5.76. The number of aliphatic hydroxyl groups excluding tert-OH is 5. The monoisotopic (exact) mass is 920 g/mol. The number of unbranched alkanes of at least 4 members (excludes halogenated alkanes) is 33. The average Bonchev–Trinajstić information content (AvgIpc) is 3.31. The number of nitrogens with one attached hydrogen (secondary N) is 1. The van der Waals surface area contributed by atoms with Gasteiger partial charge >= 0.3 is 0 Å². The summed E-state index contributed by atoms with van der Waals surface area (Å²) >= 11 is 0. The van der Waals surface area contributed by atoms with Crippen LogP contribution in [0.3, 0.4) is 0 Å². The van der Waals surface area contributed by atoms with Crippen molar-refractivity contribution < 1.29 is 39.8 Å². The minimum atomic E-state index is -1.57. The Morgan fingerprint density at radius 1 is 0.508 bits per heavy atom. The van der Waals surface area contributed by atoms with Crippen molar-refractivity contribution in [2.24, 2.45) is 0 Å². The normalized spacial score (nSPS) is 20.1. The highest BCUT2D eigenvalue weighted by Crippen LogP contribution is 2.23. The molecule has 9 heteroatoms. The first-order chi connectivity index (χ1) is 31.8. The first-order valence-corrected chi connectivity index (χ1v) is 27.7.